The molecule has 0 aromatic rings. The van der Waals surface area contributed by atoms with Crippen molar-refractivity contribution in [1.82, 2.24) is 3.90 Å². The molecule has 0 bridgehead atoms. The summed E-state index contributed by atoms with van der Waals surface area (Å²) in [5.74, 6) is 0. The third-order valence-electron chi connectivity index (χ3n) is 1.60. The van der Waals surface area contributed by atoms with E-state index in [1.54, 1.807) is 0 Å². The Kier molecular flexibility index (Phi) is 5.14. The Morgan fingerprint density at radius 1 is 0.900 bits per heavy atom. The van der Waals surface area contributed by atoms with E-state index in [1.807, 2.05) is 0 Å². The molecule has 0 saturated carbocycles. The molecule has 62 valence electrons. The van der Waals surface area contributed by atoms with E-state index in [0.717, 1.165) is 0 Å². The molecule has 10 heavy (non-hydrogen) atoms. The molecule has 0 saturated heterocycles. The average molecular weight is 212 g/mol. The third kappa shape index (κ3) is 3.34. The van der Waals surface area contributed by atoms with Gasteiger partial charge in [0.2, 0.25) is 0 Å². The summed E-state index contributed by atoms with van der Waals surface area (Å²) in [5, 5.41) is 0. The first-order chi connectivity index (χ1) is 4.46. The van der Waals surface area contributed by atoms with E-state index in [4.69, 9.17) is 11.1 Å². The highest BCUT2D eigenvalue weighted by molar-refractivity contribution is 7.11. The molecule has 1 unspecified atom stereocenters. The fraction of sp³-hybridized carbons (Fsp3) is 1.00. The number of nitrogens with zero attached hydrogens (tertiary/aromatic N) is 1. The van der Waals surface area contributed by atoms with Crippen LogP contribution < -0.4 is 0 Å². The molecule has 0 aliphatic rings. The molecule has 0 aromatic carbocycles. The van der Waals surface area contributed by atoms with Gasteiger partial charge < -0.3 is 3.90 Å². The molecule has 0 spiro atoms. The summed E-state index contributed by atoms with van der Waals surface area (Å²) < 4.78 is 2.68. The lowest BCUT2D eigenvalue weighted by Crippen LogP contribution is -2.49. The van der Waals surface area contributed by atoms with Crippen molar-refractivity contribution in [2.24, 2.45) is 0 Å². The maximum Gasteiger partial charge on any atom is 0.197 e. The topological polar surface area (TPSA) is 3.24 Å². The fourth-order valence-corrected chi connectivity index (χ4v) is 16.8. The minimum atomic E-state index is -0.972. The maximum atomic E-state index is 6.17. The molecule has 0 aromatic heterocycles. The smallest absolute Gasteiger partial charge is 0.197 e. The Morgan fingerprint density at radius 3 is 1.20 bits per heavy atom. The van der Waals surface area contributed by atoms with Gasteiger partial charge in [0.15, 0.2) is 8.27 Å². The second-order valence-corrected chi connectivity index (χ2v) is 14.2. The number of hydrogen-bond donors (Lipinski definition) is 0. The van der Waals surface area contributed by atoms with Crippen LogP contribution in [-0.4, -0.2) is 30.1 Å². The van der Waals surface area contributed by atoms with Gasteiger partial charge in [-0.15, -0.1) is 0 Å². The fourth-order valence-electron chi connectivity index (χ4n) is 1.42. The largest absolute Gasteiger partial charge is 0.364 e. The summed E-state index contributed by atoms with van der Waals surface area (Å²) in [5.41, 5.74) is 0. The summed E-state index contributed by atoms with van der Waals surface area (Å²) in [7, 11) is -2.12. The van der Waals surface area contributed by atoms with E-state index < -0.39 is 26.2 Å². The minimum Gasteiger partial charge on any atom is -0.364 e. The molecule has 0 aliphatic carbocycles. The second-order valence-electron chi connectivity index (χ2n) is 3.21. The van der Waals surface area contributed by atoms with E-state index in [0.29, 0.717) is 0 Å². The molecule has 0 rings (SSSR count). The zero-order valence-electron chi connectivity index (χ0n) is 7.56. The van der Waals surface area contributed by atoms with Crippen molar-refractivity contribution < 1.29 is 0 Å². The molecule has 0 amide bonds. The first kappa shape index (κ1) is 10.9. The van der Waals surface area contributed by atoms with Crippen LogP contribution in [0, 0.1) is 0 Å². The molecular formula is C5H18ClNSi3. The number of hydrogen-bond acceptors (Lipinski definition) is 1. The van der Waals surface area contributed by atoms with Gasteiger partial charge in [0.05, 0.1) is 17.9 Å². The van der Waals surface area contributed by atoms with Crippen molar-refractivity contribution >= 4 is 37.3 Å². The third-order valence-corrected chi connectivity index (χ3v) is 16.5. The van der Waals surface area contributed by atoms with Crippen molar-refractivity contribution in [1.29, 1.82) is 0 Å². The molecule has 5 heteroatoms. The normalized spacial score (nSPS) is 15.3. The van der Waals surface area contributed by atoms with Gasteiger partial charge in [-0.05, 0) is 6.55 Å². The Morgan fingerprint density at radius 2 is 1.20 bits per heavy atom. The zero-order chi connectivity index (χ0) is 8.31. The molecule has 1 nitrogen and oxygen atoms in total. The highest BCUT2D eigenvalue weighted by Gasteiger charge is 2.19. The van der Waals surface area contributed by atoms with E-state index in [-0.39, 0.29) is 0 Å². The molecular weight excluding hydrogens is 194 g/mol. The van der Waals surface area contributed by atoms with Gasteiger partial charge in [0, 0.05) is 0 Å². The van der Waals surface area contributed by atoms with E-state index >= 15 is 0 Å². The first-order valence-electron chi connectivity index (χ1n) is 3.88. The Balaban J connectivity index is 3.98. The van der Waals surface area contributed by atoms with Crippen molar-refractivity contribution in [2.75, 3.05) is 0 Å². The maximum absolute atomic E-state index is 6.17. The highest BCUT2D eigenvalue weighted by Crippen LogP contribution is 2.05. The second kappa shape index (κ2) is 4.71. The quantitative estimate of drug-likeness (QED) is 0.504. The van der Waals surface area contributed by atoms with Gasteiger partial charge in [0.1, 0.15) is 0 Å². The van der Waals surface area contributed by atoms with Crippen LogP contribution in [-0.2, 0) is 0 Å². The lowest BCUT2D eigenvalue weighted by molar-refractivity contribution is 1.02. The number of rotatable bonds is 3. The monoisotopic (exact) mass is 211 g/mol. The summed E-state index contributed by atoms with van der Waals surface area (Å²) >= 11 is 6.17. The summed E-state index contributed by atoms with van der Waals surface area (Å²) in [6.45, 7) is 11.7. The van der Waals surface area contributed by atoms with Crippen LogP contribution in [0.2, 0.25) is 32.7 Å². The van der Waals surface area contributed by atoms with Gasteiger partial charge in [0.25, 0.3) is 0 Å². The lowest BCUT2D eigenvalue weighted by Gasteiger charge is -2.31. The van der Waals surface area contributed by atoms with Gasteiger partial charge >= 0.3 is 0 Å². The van der Waals surface area contributed by atoms with Crippen molar-refractivity contribution in [3.8, 4) is 0 Å². The predicted molar refractivity (Wildman–Crippen MR) is 58.5 cm³/mol. The molecule has 0 N–H and O–H groups in total. The van der Waals surface area contributed by atoms with Crippen LogP contribution in [0.15, 0.2) is 0 Å². The van der Waals surface area contributed by atoms with Crippen LogP contribution in [0.3, 0.4) is 0 Å². The van der Waals surface area contributed by atoms with Gasteiger partial charge in [-0.2, -0.15) is 11.1 Å². The predicted octanol–water partition coefficient (Wildman–Crippen LogP) is 1.34. The standard InChI is InChI=1S/C5H18ClNSi3/c1-8(2)7(9(3)4)10(5)6/h8-10H,1-5H3. The van der Waals surface area contributed by atoms with Crippen LogP contribution in [0.5, 0.6) is 0 Å². The summed E-state index contributed by atoms with van der Waals surface area (Å²) in [6, 6.07) is 0. The average Bonchev–Trinajstić information content (AvgIpc) is 1.59. The summed E-state index contributed by atoms with van der Waals surface area (Å²) in [6.07, 6.45) is 0. The molecule has 0 heterocycles. The van der Waals surface area contributed by atoms with Crippen molar-refractivity contribution in [2.45, 2.75) is 32.7 Å². The highest BCUT2D eigenvalue weighted by atomic mass is 35.6. The minimum absolute atomic E-state index is 0.576. The Labute approximate surface area is 74.1 Å². The first-order valence-corrected chi connectivity index (χ1v) is 12.9. The lowest BCUT2D eigenvalue weighted by atomic mass is 11.9. The van der Waals surface area contributed by atoms with Crippen LogP contribution in [0.25, 0.3) is 0 Å². The Bertz CT molecular complexity index is 77.9. The molecule has 0 fully saturated rings. The molecule has 0 aliphatic heterocycles. The van der Waals surface area contributed by atoms with E-state index in [2.05, 4.69) is 36.6 Å². The summed E-state index contributed by atoms with van der Waals surface area (Å²) in [4.78, 5) is 0. The molecule has 0 radical (unpaired) electrons. The van der Waals surface area contributed by atoms with Gasteiger partial charge in [-0.25, -0.2) is 0 Å². The van der Waals surface area contributed by atoms with Gasteiger partial charge in [-0.1, -0.05) is 26.2 Å². The van der Waals surface area contributed by atoms with Gasteiger partial charge in [-0.3, -0.25) is 0 Å². The zero-order valence-corrected chi connectivity index (χ0v) is 11.8. The van der Waals surface area contributed by atoms with E-state index in [9.17, 15) is 0 Å². The molecule has 1 atom stereocenters. The van der Waals surface area contributed by atoms with Crippen LogP contribution in [0.4, 0.5) is 0 Å². The van der Waals surface area contributed by atoms with E-state index in [1.165, 1.54) is 0 Å². The van der Waals surface area contributed by atoms with Crippen molar-refractivity contribution in [3.63, 3.8) is 0 Å². The number of halogens is 1. The van der Waals surface area contributed by atoms with Crippen LogP contribution in [0.1, 0.15) is 0 Å². The van der Waals surface area contributed by atoms with Crippen LogP contribution >= 0.6 is 11.1 Å². The van der Waals surface area contributed by atoms with Crippen molar-refractivity contribution in [3.05, 3.63) is 0 Å². The Hall–Kier alpha value is 0.901. The SMILES string of the molecule is C[SiH](C)N([SiH](C)C)[SiH](C)Cl.